The van der Waals surface area contributed by atoms with Gasteiger partial charge in [-0.3, -0.25) is 9.59 Å². The Balaban J connectivity index is 1.73. The van der Waals surface area contributed by atoms with Crippen molar-refractivity contribution in [3.05, 3.63) is 58.1 Å². The monoisotopic (exact) mass is 386 g/mol. The summed E-state index contributed by atoms with van der Waals surface area (Å²) in [6, 6.07) is 13.5. The average Bonchev–Trinajstić information content (AvgIpc) is 2.94. The highest BCUT2D eigenvalue weighted by molar-refractivity contribution is 9.10. The first-order valence-electron chi connectivity index (χ1n) is 7.88. The molecule has 0 radical (unpaired) electrons. The molecule has 4 nitrogen and oxygen atoms in total. The van der Waals surface area contributed by atoms with Gasteiger partial charge < -0.3 is 10.2 Å². The summed E-state index contributed by atoms with van der Waals surface area (Å²) in [4.78, 5) is 26.6. The maximum atomic E-state index is 12.6. The minimum Gasteiger partial charge on any atom is -0.325 e. The summed E-state index contributed by atoms with van der Waals surface area (Å²) < 4.78 is 0.960. The van der Waals surface area contributed by atoms with Crippen LogP contribution < -0.4 is 10.2 Å². The third-order valence-corrected chi connectivity index (χ3v) is 4.89. The second kappa shape index (κ2) is 6.77. The van der Waals surface area contributed by atoms with E-state index >= 15 is 0 Å². The van der Waals surface area contributed by atoms with E-state index in [4.69, 9.17) is 0 Å². The first-order chi connectivity index (χ1) is 11.5. The largest absolute Gasteiger partial charge is 0.325 e. The Morgan fingerprint density at radius 2 is 1.75 bits per heavy atom. The van der Waals surface area contributed by atoms with Gasteiger partial charge in [-0.25, -0.2) is 0 Å². The zero-order valence-electron chi connectivity index (χ0n) is 13.7. The third kappa shape index (κ3) is 3.36. The molecule has 1 aliphatic heterocycles. The van der Waals surface area contributed by atoms with E-state index in [0.29, 0.717) is 6.54 Å². The molecule has 1 aliphatic rings. The standard InChI is InChI=1S/C19H19BrN2O2/c1-12-4-3-5-13(2)18(12)21-19(24)14-10-17(23)22(11-14)16-8-6-15(20)7-9-16/h3-9,14H,10-11H2,1-2H3,(H,21,24)/t14-/m0/s1. The van der Waals surface area contributed by atoms with E-state index in [9.17, 15) is 9.59 Å². The summed E-state index contributed by atoms with van der Waals surface area (Å²) >= 11 is 3.39. The summed E-state index contributed by atoms with van der Waals surface area (Å²) in [6.45, 7) is 4.35. The Bertz CT molecular complexity index is 766. The van der Waals surface area contributed by atoms with E-state index in [1.807, 2.05) is 56.3 Å². The molecule has 0 spiro atoms. The number of para-hydroxylation sites is 1. The number of nitrogens with one attached hydrogen (secondary N) is 1. The van der Waals surface area contributed by atoms with Crippen molar-refractivity contribution < 1.29 is 9.59 Å². The number of rotatable bonds is 3. The van der Waals surface area contributed by atoms with Crippen LogP contribution in [0.25, 0.3) is 0 Å². The fourth-order valence-electron chi connectivity index (χ4n) is 2.99. The Hall–Kier alpha value is -2.14. The molecule has 1 atom stereocenters. The lowest BCUT2D eigenvalue weighted by molar-refractivity contribution is -0.122. The second-order valence-corrected chi connectivity index (χ2v) is 7.05. The van der Waals surface area contributed by atoms with E-state index in [1.165, 1.54) is 0 Å². The molecule has 1 N–H and O–H groups in total. The van der Waals surface area contributed by atoms with Crippen molar-refractivity contribution in [2.24, 2.45) is 5.92 Å². The molecule has 3 rings (SSSR count). The van der Waals surface area contributed by atoms with Crippen LogP contribution in [0.3, 0.4) is 0 Å². The molecule has 0 bridgehead atoms. The van der Waals surface area contributed by atoms with Gasteiger partial charge in [0, 0.05) is 28.8 Å². The molecule has 0 unspecified atom stereocenters. The molecule has 2 amide bonds. The Labute approximate surface area is 150 Å². The van der Waals surface area contributed by atoms with E-state index in [1.54, 1.807) is 4.90 Å². The average molecular weight is 387 g/mol. The molecule has 1 heterocycles. The van der Waals surface area contributed by atoms with Crippen molar-refractivity contribution in [3.8, 4) is 0 Å². The molecule has 0 aromatic heterocycles. The molecular formula is C19H19BrN2O2. The third-order valence-electron chi connectivity index (χ3n) is 4.36. The molecular weight excluding hydrogens is 368 g/mol. The predicted octanol–water partition coefficient (Wildman–Crippen LogP) is 4.06. The highest BCUT2D eigenvalue weighted by Gasteiger charge is 2.35. The Morgan fingerprint density at radius 1 is 1.12 bits per heavy atom. The van der Waals surface area contributed by atoms with Crippen LogP contribution in [0.4, 0.5) is 11.4 Å². The van der Waals surface area contributed by atoms with Gasteiger partial charge in [0.25, 0.3) is 0 Å². The summed E-state index contributed by atoms with van der Waals surface area (Å²) in [5.74, 6) is -0.445. The van der Waals surface area contributed by atoms with Gasteiger partial charge in [-0.05, 0) is 49.2 Å². The van der Waals surface area contributed by atoms with Crippen LogP contribution in [0.2, 0.25) is 0 Å². The van der Waals surface area contributed by atoms with E-state index in [0.717, 1.165) is 27.0 Å². The Morgan fingerprint density at radius 3 is 2.38 bits per heavy atom. The van der Waals surface area contributed by atoms with E-state index < -0.39 is 0 Å². The van der Waals surface area contributed by atoms with Crippen LogP contribution in [-0.2, 0) is 9.59 Å². The number of hydrogen-bond acceptors (Lipinski definition) is 2. The smallest absolute Gasteiger partial charge is 0.229 e. The summed E-state index contributed by atoms with van der Waals surface area (Å²) in [5.41, 5.74) is 3.72. The van der Waals surface area contributed by atoms with Crippen LogP contribution in [-0.4, -0.2) is 18.4 Å². The number of halogens is 1. The number of benzene rings is 2. The maximum absolute atomic E-state index is 12.6. The topological polar surface area (TPSA) is 49.4 Å². The summed E-state index contributed by atoms with van der Waals surface area (Å²) in [5, 5.41) is 3.00. The molecule has 24 heavy (non-hydrogen) atoms. The van der Waals surface area contributed by atoms with Crippen LogP contribution in [0.1, 0.15) is 17.5 Å². The van der Waals surface area contributed by atoms with Gasteiger partial charge in [0.15, 0.2) is 0 Å². The molecule has 2 aromatic rings. The zero-order chi connectivity index (χ0) is 17.3. The minimum absolute atomic E-state index is 0.0148. The van der Waals surface area contributed by atoms with Crippen molar-refractivity contribution in [3.63, 3.8) is 0 Å². The van der Waals surface area contributed by atoms with Gasteiger partial charge in [-0.1, -0.05) is 34.1 Å². The van der Waals surface area contributed by atoms with Crippen LogP contribution in [0.5, 0.6) is 0 Å². The van der Waals surface area contributed by atoms with Crippen LogP contribution >= 0.6 is 15.9 Å². The first-order valence-corrected chi connectivity index (χ1v) is 8.68. The van der Waals surface area contributed by atoms with Gasteiger partial charge in [0.2, 0.25) is 11.8 Å². The number of aryl methyl sites for hydroxylation is 2. The highest BCUT2D eigenvalue weighted by Crippen LogP contribution is 2.28. The van der Waals surface area contributed by atoms with Crippen LogP contribution in [0, 0.1) is 19.8 Å². The van der Waals surface area contributed by atoms with Crippen molar-refractivity contribution in [1.82, 2.24) is 0 Å². The lowest BCUT2D eigenvalue weighted by Crippen LogP contribution is -2.28. The quantitative estimate of drug-likeness (QED) is 0.864. The number of carbonyl (C=O) groups is 2. The van der Waals surface area contributed by atoms with Crippen molar-refractivity contribution >= 4 is 39.1 Å². The molecule has 0 saturated carbocycles. The minimum atomic E-state index is -0.333. The Kier molecular flexibility index (Phi) is 4.71. The lowest BCUT2D eigenvalue weighted by atomic mass is 10.1. The first kappa shape index (κ1) is 16.7. The second-order valence-electron chi connectivity index (χ2n) is 6.14. The van der Waals surface area contributed by atoms with Gasteiger partial charge >= 0.3 is 0 Å². The number of anilines is 2. The number of hydrogen-bond donors (Lipinski definition) is 1. The van der Waals surface area contributed by atoms with Crippen LogP contribution in [0.15, 0.2) is 46.9 Å². The summed E-state index contributed by atoms with van der Waals surface area (Å²) in [6.07, 6.45) is 0.243. The molecule has 2 aromatic carbocycles. The summed E-state index contributed by atoms with van der Waals surface area (Å²) in [7, 11) is 0. The molecule has 5 heteroatoms. The number of nitrogens with zero attached hydrogens (tertiary/aromatic N) is 1. The van der Waals surface area contributed by atoms with Gasteiger partial charge in [-0.15, -0.1) is 0 Å². The lowest BCUT2D eigenvalue weighted by Gasteiger charge is -2.17. The molecule has 1 fully saturated rings. The van der Waals surface area contributed by atoms with Crippen molar-refractivity contribution in [2.45, 2.75) is 20.3 Å². The van der Waals surface area contributed by atoms with Gasteiger partial charge in [0.05, 0.1) is 5.92 Å². The maximum Gasteiger partial charge on any atom is 0.229 e. The predicted molar refractivity (Wildman–Crippen MR) is 99.1 cm³/mol. The SMILES string of the molecule is Cc1cccc(C)c1NC(=O)[C@H]1CC(=O)N(c2ccc(Br)cc2)C1. The highest BCUT2D eigenvalue weighted by atomic mass is 79.9. The fourth-order valence-corrected chi connectivity index (χ4v) is 3.26. The van der Waals surface area contributed by atoms with Gasteiger partial charge in [0.1, 0.15) is 0 Å². The fraction of sp³-hybridized carbons (Fsp3) is 0.263. The molecule has 124 valence electrons. The number of amides is 2. The van der Waals surface area contributed by atoms with E-state index in [-0.39, 0.29) is 24.2 Å². The van der Waals surface area contributed by atoms with Crippen molar-refractivity contribution in [1.29, 1.82) is 0 Å². The molecule has 1 saturated heterocycles. The normalized spacial score (nSPS) is 17.2. The zero-order valence-corrected chi connectivity index (χ0v) is 15.3. The van der Waals surface area contributed by atoms with E-state index in [2.05, 4.69) is 21.2 Å². The molecule has 0 aliphatic carbocycles. The number of carbonyl (C=O) groups excluding carboxylic acids is 2. The van der Waals surface area contributed by atoms with Crippen molar-refractivity contribution in [2.75, 3.05) is 16.8 Å². The van der Waals surface area contributed by atoms with Gasteiger partial charge in [-0.2, -0.15) is 0 Å².